The number of carbonyl (C=O) groups is 2. The molecule has 1 aliphatic carbocycles. The molecule has 1 aliphatic heterocycles. The van der Waals surface area contributed by atoms with Crippen LogP contribution in [0.2, 0.25) is 0 Å². The zero-order chi connectivity index (χ0) is 22.6. The van der Waals surface area contributed by atoms with E-state index in [1.807, 2.05) is 13.8 Å². The summed E-state index contributed by atoms with van der Waals surface area (Å²) in [6.45, 7) is 6.02. The molecule has 1 atom stereocenters. The highest BCUT2D eigenvalue weighted by molar-refractivity contribution is 7.89. The van der Waals surface area contributed by atoms with Crippen molar-refractivity contribution in [3.05, 3.63) is 23.8 Å². The number of sulfonamides is 1. The van der Waals surface area contributed by atoms with Crippen LogP contribution in [0.4, 0.5) is 5.69 Å². The molecule has 8 heteroatoms. The van der Waals surface area contributed by atoms with Crippen LogP contribution in [-0.4, -0.2) is 38.9 Å². The lowest BCUT2D eigenvalue weighted by atomic mass is 10.0. The Morgan fingerprint density at radius 1 is 1.13 bits per heavy atom. The highest BCUT2D eigenvalue weighted by atomic mass is 32.2. The van der Waals surface area contributed by atoms with Gasteiger partial charge in [-0.2, -0.15) is 4.72 Å². The van der Waals surface area contributed by atoms with E-state index in [2.05, 4.69) is 10.0 Å². The van der Waals surface area contributed by atoms with E-state index in [0.29, 0.717) is 19.4 Å². The van der Waals surface area contributed by atoms with E-state index in [9.17, 15) is 18.0 Å². The first-order valence-corrected chi connectivity index (χ1v) is 12.9. The summed E-state index contributed by atoms with van der Waals surface area (Å²) >= 11 is 0. The number of rotatable bonds is 7. The second-order valence-electron chi connectivity index (χ2n) is 9.21. The predicted octanol–water partition coefficient (Wildman–Crippen LogP) is 3.13. The molecule has 2 aliphatic rings. The van der Waals surface area contributed by atoms with Crippen LogP contribution in [0.15, 0.2) is 23.1 Å². The molecular weight excluding hydrogens is 414 g/mol. The smallest absolute Gasteiger partial charge is 0.241 e. The molecule has 1 fully saturated rings. The van der Waals surface area contributed by atoms with Gasteiger partial charge < -0.3 is 10.2 Å². The van der Waals surface area contributed by atoms with Gasteiger partial charge in [-0.25, -0.2) is 8.42 Å². The van der Waals surface area contributed by atoms with Gasteiger partial charge in [0.1, 0.15) is 6.04 Å². The minimum Gasteiger partial charge on any atom is -0.352 e. The normalized spacial score (nSPS) is 18.5. The Labute approximate surface area is 186 Å². The average Bonchev–Trinajstić information content (AvgIpc) is 2.96. The van der Waals surface area contributed by atoms with E-state index in [-0.39, 0.29) is 28.7 Å². The fourth-order valence-corrected chi connectivity index (χ4v) is 5.79. The number of fused-ring (bicyclic) bond motifs is 1. The molecule has 172 valence electrons. The molecule has 0 radical (unpaired) electrons. The van der Waals surface area contributed by atoms with Gasteiger partial charge in [0, 0.05) is 25.2 Å². The Morgan fingerprint density at radius 2 is 1.81 bits per heavy atom. The molecule has 1 unspecified atom stereocenters. The Morgan fingerprint density at radius 3 is 2.42 bits per heavy atom. The second-order valence-corrected chi connectivity index (χ2v) is 10.9. The van der Waals surface area contributed by atoms with Crippen molar-refractivity contribution in [3.8, 4) is 0 Å². The fraction of sp³-hybridized carbons (Fsp3) is 0.652. The van der Waals surface area contributed by atoms with Gasteiger partial charge in [-0.15, -0.1) is 0 Å². The van der Waals surface area contributed by atoms with Crippen molar-refractivity contribution in [3.63, 3.8) is 0 Å². The van der Waals surface area contributed by atoms with Crippen LogP contribution in [0.5, 0.6) is 0 Å². The van der Waals surface area contributed by atoms with E-state index in [0.717, 1.165) is 36.9 Å². The Kier molecular flexibility index (Phi) is 7.75. The summed E-state index contributed by atoms with van der Waals surface area (Å²) in [5.74, 6) is -0.135. The average molecular weight is 450 g/mol. The van der Waals surface area contributed by atoms with Gasteiger partial charge in [0.15, 0.2) is 0 Å². The monoisotopic (exact) mass is 449 g/mol. The first-order chi connectivity index (χ1) is 14.7. The number of anilines is 1. The van der Waals surface area contributed by atoms with Crippen molar-refractivity contribution >= 4 is 27.5 Å². The number of amides is 2. The maximum Gasteiger partial charge on any atom is 0.241 e. The van der Waals surface area contributed by atoms with Crippen LogP contribution in [-0.2, 0) is 26.0 Å². The lowest BCUT2D eigenvalue weighted by molar-refractivity contribution is -0.124. The molecule has 1 aromatic carbocycles. The third-order valence-corrected chi connectivity index (χ3v) is 7.63. The standard InChI is InChI=1S/C23H35N3O4S/c1-16(2)14-21(23(28)24-19-8-6-4-5-7-9-19)25-31(29,30)20-10-11-22-18(15-20)12-13-26(22)17(3)27/h10-11,15-16,19,21,25H,4-9,12-14H2,1-3H3,(H,24,28). The van der Waals surface area contributed by atoms with Crippen LogP contribution in [0.1, 0.15) is 71.3 Å². The molecule has 7 nitrogen and oxygen atoms in total. The molecule has 1 heterocycles. The van der Waals surface area contributed by atoms with E-state index >= 15 is 0 Å². The zero-order valence-corrected chi connectivity index (χ0v) is 19.6. The zero-order valence-electron chi connectivity index (χ0n) is 18.8. The topological polar surface area (TPSA) is 95.6 Å². The number of nitrogens with zero attached hydrogens (tertiary/aromatic N) is 1. The molecule has 1 saturated carbocycles. The van der Waals surface area contributed by atoms with Crippen molar-refractivity contribution in [2.24, 2.45) is 5.92 Å². The van der Waals surface area contributed by atoms with Gasteiger partial charge in [-0.3, -0.25) is 9.59 Å². The first-order valence-electron chi connectivity index (χ1n) is 11.4. The molecule has 1 aromatic rings. The number of hydrogen-bond acceptors (Lipinski definition) is 4. The number of nitrogens with one attached hydrogen (secondary N) is 2. The minimum absolute atomic E-state index is 0.0559. The molecule has 0 saturated heterocycles. The fourth-order valence-electron chi connectivity index (χ4n) is 4.53. The summed E-state index contributed by atoms with van der Waals surface area (Å²) in [5, 5.41) is 3.09. The van der Waals surface area contributed by atoms with Crippen molar-refractivity contribution in [1.82, 2.24) is 10.0 Å². The van der Waals surface area contributed by atoms with E-state index in [1.54, 1.807) is 17.0 Å². The van der Waals surface area contributed by atoms with E-state index < -0.39 is 16.1 Å². The van der Waals surface area contributed by atoms with E-state index in [1.165, 1.54) is 25.8 Å². The maximum absolute atomic E-state index is 13.1. The van der Waals surface area contributed by atoms with Gasteiger partial charge >= 0.3 is 0 Å². The maximum atomic E-state index is 13.1. The van der Waals surface area contributed by atoms with Crippen molar-refractivity contribution < 1.29 is 18.0 Å². The summed E-state index contributed by atoms with van der Waals surface area (Å²) in [6.07, 6.45) is 7.52. The molecule has 0 bridgehead atoms. The Balaban J connectivity index is 1.75. The summed E-state index contributed by atoms with van der Waals surface area (Å²) in [7, 11) is -3.87. The largest absolute Gasteiger partial charge is 0.352 e. The third kappa shape index (κ3) is 6.07. The molecule has 0 spiro atoms. The summed E-state index contributed by atoms with van der Waals surface area (Å²) in [5.41, 5.74) is 1.60. The van der Waals surface area contributed by atoms with Crippen molar-refractivity contribution in [2.75, 3.05) is 11.4 Å². The van der Waals surface area contributed by atoms with Gasteiger partial charge in [0.2, 0.25) is 21.8 Å². The van der Waals surface area contributed by atoms with Gasteiger partial charge in [-0.05, 0) is 55.4 Å². The summed E-state index contributed by atoms with van der Waals surface area (Å²) in [4.78, 5) is 26.5. The van der Waals surface area contributed by atoms with Gasteiger partial charge in [-0.1, -0.05) is 39.5 Å². The lowest BCUT2D eigenvalue weighted by Gasteiger charge is -2.24. The molecule has 2 N–H and O–H groups in total. The summed E-state index contributed by atoms with van der Waals surface area (Å²) < 4.78 is 28.9. The Bertz CT molecular complexity index is 905. The number of carbonyl (C=O) groups excluding carboxylic acids is 2. The lowest BCUT2D eigenvalue weighted by Crippen LogP contribution is -2.50. The molecule has 31 heavy (non-hydrogen) atoms. The third-order valence-electron chi connectivity index (χ3n) is 6.16. The minimum atomic E-state index is -3.87. The summed E-state index contributed by atoms with van der Waals surface area (Å²) in [6, 6.07) is 4.12. The molecule has 3 rings (SSSR count). The van der Waals surface area contributed by atoms with E-state index in [4.69, 9.17) is 0 Å². The first kappa shape index (κ1) is 23.7. The number of benzene rings is 1. The van der Waals surface area contributed by atoms with Gasteiger partial charge in [0.05, 0.1) is 4.90 Å². The van der Waals surface area contributed by atoms with Gasteiger partial charge in [0.25, 0.3) is 0 Å². The number of hydrogen-bond donors (Lipinski definition) is 2. The van der Waals surface area contributed by atoms with Crippen LogP contribution in [0.25, 0.3) is 0 Å². The Hall–Kier alpha value is -1.93. The second kappa shape index (κ2) is 10.1. The predicted molar refractivity (Wildman–Crippen MR) is 121 cm³/mol. The van der Waals surface area contributed by atoms with Crippen LogP contribution in [0, 0.1) is 5.92 Å². The molecule has 2 amide bonds. The highest BCUT2D eigenvalue weighted by Gasteiger charge is 2.30. The van der Waals surface area contributed by atoms with Crippen molar-refractivity contribution in [2.45, 2.75) is 89.1 Å². The van der Waals surface area contributed by atoms with Crippen LogP contribution in [0.3, 0.4) is 0 Å². The SMILES string of the molecule is CC(=O)N1CCc2cc(S(=O)(=O)NC(CC(C)C)C(=O)NC3CCCCCC3)ccc21. The van der Waals surface area contributed by atoms with Crippen LogP contribution < -0.4 is 14.9 Å². The quantitative estimate of drug-likeness (QED) is 0.625. The molecule has 0 aromatic heterocycles. The van der Waals surface area contributed by atoms with Crippen LogP contribution >= 0.6 is 0 Å². The highest BCUT2D eigenvalue weighted by Crippen LogP contribution is 2.30. The molecular formula is C23H35N3O4S. The van der Waals surface area contributed by atoms with Crippen molar-refractivity contribution in [1.29, 1.82) is 0 Å².